The van der Waals surface area contributed by atoms with Gasteiger partial charge in [-0.15, -0.1) is 0 Å². The predicted octanol–water partition coefficient (Wildman–Crippen LogP) is 1.35. The first-order valence-electron chi connectivity index (χ1n) is 9.56. The minimum Gasteiger partial charge on any atom is -0.466 e. The molecular formula is C19H31N3O3. The minimum atomic E-state index is -0.305. The maximum atomic E-state index is 12.2. The first-order valence-corrected chi connectivity index (χ1v) is 9.56. The molecule has 1 saturated heterocycles. The van der Waals surface area contributed by atoms with Crippen LogP contribution in [0.15, 0.2) is 16.6 Å². The molecule has 0 spiro atoms. The summed E-state index contributed by atoms with van der Waals surface area (Å²) in [5.41, 5.74) is 0.622. The molecule has 4 atom stereocenters. The van der Waals surface area contributed by atoms with Crippen LogP contribution in [0.5, 0.6) is 0 Å². The van der Waals surface area contributed by atoms with Gasteiger partial charge in [-0.25, -0.2) is 4.79 Å². The van der Waals surface area contributed by atoms with Crippen molar-refractivity contribution in [3.05, 3.63) is 11.6 Å². The number of rotatable bonds is 5. The highest BCUT2D eigenvalue weighted by molar-refractivity contribution is 5.91. The van der Waals surface area contributed by atoms with Crippen molar-refractivity contribution in [2.24, 2.45) is 16.8 Å². The van der Waals surface area contributed by atoms with E-state index in [2.05, 4.69) is 15.2 Å². The molecule has 140 valence electrons. The smallest absolute Gasteiger partial charge is 0.337 e. The zero-order chi connectivity index (χ0) is 17.8. The fourth-order valence-corrected chi connectivity index (χ4v) is 4.37. The molecule has 3 rings (SSSR count). The molecule has 2 heterocycles. The maximum absolute atomic E-state index is 12.2. The third kappa shape index (κ3) is 4.30. The number of methoxy groups -OCH3 is 1. The lowest BCUT2D eigenvalue weighted by molar-refractivity contribution is -0.137. The van der Waals surface area contributed by atoms with E-state index in [4.69, 9.17) is 4.74 Å². The summed E-state index contributed by atoms with van der Waals surface area (Å²) in [4.78, 5) is 19.0. The number of aliphatic hydroxyl groups is 1. The van der Waals surface area contributed by atoms with Gasteiger partial charge in [-0.3, -0.25) is 9.89 Å². The van der Waals surface area contributed by atoms with Crippen LogP contribution >= 0.6 is 0 Å². The van der Waals surface area contributed by atoms with Crippen LogP contribution in [0, 0.1) is 11.8 Å². The SMILES string of the molecule is COC(=O)C1=CC(C)C=NC1N1CCC(NC2CCCC2)C(CO)C1. The maximum Gasteiger partial charge on any atom is 0.337 e. The molecule has 0 amide bonds. The van der Waals surface area contributed by atoms with Crippen molar-refractivity contribution in [2.45, 2.75) is 57.3 Å². The number of dihydropyridines is 1. The molecule has 0 radical (unpaired) electrons. The molecule has 3 aliphatic rings. The number of hydrogen-bond donors (Lipinski definition) is 2. The van der Waals surface area contributed by atoms with Crippen molar-refractivity contribution in [3.63, 3.8) is 0 Å². The van der Waals surface area contributed by atoms with Crippen LogP contribution < -0.4 is 5.32 Å². The molecule has 0 bridgehead atoms. The molecule has 25 heavy (non-hydrogen) atoms. The molecule has 2 fully saturated rings. The van der Waals surface area contributed by atoms with Crippen molar-refractivity contribution in [1.29, 1.82) is 0 Å². The summed E-state index contributed by atoms with van der Waals surface area (Å²) in [5.74, 6) is 0.00353. The van der Waals surface area contributed by atoms with E-state index in [-0.39, 0.29) is 30.6 Å². The molecule has 0 aromatic heterocycles. The fraction of sp³-hybridized carbons (Fsp3) is 0.789. The number of nitrogens with zero attached hydrogens (tertiary/aromatic N) is 2. The van der Waals surface area contributed by atoms with Crippen LogP contribution in [-0.4, -0.2) is 67.2 Å². The highest BCUT2D eigenvalue weighted by Gasteiger charge is 2.37. The summed E-state index contributed by atoms with van der Waals surface area (Å²) in [7, 11) is 1.41. The zero-order valence-corrected chi connectivity index (χ0v) is 15.4. The lowest BCUT2D eigenvalue weighted by Crippen LogP contribution is -2.55. The zero-order valence-electron chi connectivity index (χ0n) is 15.4. The van der Waals surface area contributed by atoms with Crippen molar-refractivity contribution < 1.29 is 14.6 Å². The normalized spacial score (nSPS) is 34.1. The number of ether oxygens (including phenoxy) is 1. The van der Waals surface area contributed by atoms with E-state index >= 15 is 0 Å². The Bertz CT molecular complexity index is 528. The average Bonchev–Trinajstić information content (AvgIpc) is 3.14. The summed E-state index contributed by atoms with van der Waals surface area (Å²) in [6.07, 6.45) is 9.64. The van der Waals surface area contributed by atoms with Gasteiger partial charge in [0.05, 0.1) is 12.7 Å². The summed E-state index contributed by atoms with van der Waals surface area (Å²) < 4.78 is 4.95. The van der Waals surface area contributed by atoms with Crippen LogP contribution in [0.1, 0.15) is 39.0 Å². The van der Waals surface area contributed by atoms with Gasteiger partial charge in [0.15, 0.2) is 0 Å². The lowest BCUT2D eigenvalue weighted by Gasteiger charge is -2.42. The summed E-state index contributed by atoms with van der Waals surface area (Å²) >= 11 is 0. The molecule has 4 unspecified atom stereocenters. The molecule has 1 aliphatic carbocycles. The van der Waals surface area contributed by atoms with Crippen LogP contribution in [-0.2, 0) is 9.53 Å². The number of esters is 1. The van der Waals surface area contributed by atoms with Gasteiger partial charge in [-0.2, -0.15) is 0 Å². The third-order valence-electron chi connectivity index (χ3n) is 5.75. The van der Waals surface area contributed by atoms with E-state index in [1.54, 1.807) is 0 Å². The Morgan fingerprint density at radius 3 is 2.84 bits per heavy atom. The van der Waals surface area contributed by atoms with Gasteiger partial charge in [-0.05, 0) is 19.3 Å². The van der Waals surface area contributed by atoms with Gasteiger partial charge < -0.3 is 15.2 Å². The largest absolute Gasteiger partial charge is 0.466 e. The van der Waals surface area contributed by atoms with Gasteiger partial charge in [0.25, 0.3) is 0 Å². The molecular weight excluding hydrogens is 318 g/mol. The van der Waals surface area contributed by atoms with Crippen molar-refractivity contribution in [3.8, 4) is 0 Å². The topological polar surface area (TPSA) is 74.2 Å². The second kappa shape index (κ2) is 8.43. The summed E-state index contributed by atoms with van der Waals surface area (Å²) in [6, 6.07) is 0.950. The van der Waals surface area contributed by atoms with Gasteiger partial charge in [0.1, 0.15) is 6.17 Å². The Hall–Kier alpha value is -1.24. The molecule has 6 nitrogen and oxygen atoms in total. The number of aliphatic hydroxyl groups excluding tert-OH is 1. The van der Waals surface area contributed by atoms with E-state index in [0.29, 0.717) is 17.7 Å². The van der Waals surface area contributed by atoms with Gasteiger partial charge in [0, 0.05) is 49.8 Å². The second-order valence-corrected chi connectivity index (χ2v) is 7.63. The molecule has 6 heteroatoms. The number of allylic oxidation sites excluding steroid dienone is 1. The number of hydrogen-bond acceptors (Lipinski definition) is 6. The molecule has 0 aromatic rings. The van der Waals surface area contributed by atoms with Gasteiger partial charge in [0.2, 0.25) is 0 Å². The van der Waals surface area contributed by atoms with Crippen LogP contribution in [0.3, 0.4) is 0 Å². The van der Waals surface area contributed by atoms with Crippen LogP contribution in [0.4, 0.5) is 0 Å². The van der Waals surface area contributed by atoms with E-state index in [0.717, 1.165) is 19.5 Å². The van der Waals surface area contributed by atoms with Crippen molar-refractivity contribution in [1.82, 2.24) is 10.2 Å². The standard InChI is InChI=1S/C19H31N3O3/c1-13-9-16(19(24)25-2)18(20-10-13)22-8-7-17(14(11-22)12-23)21-15-5-3-4-6-15/h9-10,13-15,17-18,21,23H,3-8,11-12H2,1-2H3. The lowest BCUT2D eigenvalue weighted by atomic mass is 9.90. The number of carbonyl (C=O) groups is 1. The van der Waals surface area contributed by atoms with E-state index in [9.17, 15) is 9.90 Å². The third-order valence-corrected chi connectivity index (χ3v) is 5.75. The quantitative estimate of drug-likeness (QED) is 0.733. The number of nitrogens with one attached hydrogen (secondary N) is 1. The number of likely N-dealkylation sites (tertiary alicyclic amines) is 1. The minimum absolute atomic E-state index is 0.139. The van der Waals surface area contributed by atoms with Crippen LogP contribution in [0.2, 0.25) is 0 Å². The fourth-order valence-electron chi connectivity index (χ4n) is 4.37. The Labute approximate surface area is 150 Å². The van der Waals surface area contributed by atoms with Crippen molar-refractivity contribution in [2.75, 3.05) is 26.8 Å². The highest BCUT2D eigenvalue weighted by atomic mass is 16.5. The summed E-state index contributed by atoms with van der Waals surface area (Å²) in [5, 5.41) is 13.7. The number of piperidine rings is 1. The first kappa shape index (κ1) is 18.5. The average molecular weight is 349 g/mol. The number of carbonyl (C=O) groups excluding carboxylic acids is 1. The van der Waals surface area contributed by atoms with E-state index in [1.807, 2.05) is 19.2 Å². The summed E-state index contributed by atoms with van der Waals surface area (Å²) in [6.45, 7) is 3.78. The Morgan fingerprint density at radius 2 is 2.16 bits per heavy atom. The highest BCUT2D eigenvalue weighted by Crippen LogP contribution is 2.27. The van der Waals surface area contributed by atoms with Gasteiger partial charge in [-0.1, -0.05) is 25.8 Å². The molecule has 0 aromatic carbocycles. The predicted molar refractivity (Wildman–Crippen MR) is 97.5 cm³/mol. The Balaban J connectivity index is 1.66. The molecule has 1 saturated carbocycles. The van der Waals surface area contributed by atoms with Crippen LogP contribution in [0.25, 0.3) is 0 Å². The monoisotopic (exact) mass is 349 g/mol. The Kier molecular flexibility index (Phi) is 6.25. The Morgan fingerprint density at radius 1 is 1.40 bits per heavy atom. The van der Waals surface area contributed by atoms with E-state index < -0.39 is 0 Å². The first-order chi connectivity index (χ1) is 12.1. The number of aliphatic imine (C=N–C) groups is 1. The van der Waals surface area contributed by atoms with E-state index in [1.165, 1.54) is 32.8 Å². The van der Waals surface area contributed by atoms with Crippen molar-refractivity contribution >= 4 is 12.2 Å². The van der Waals surface area contributed by atoms with Gasteiger partial charge >= 0.3 is 5.97 Å². The second-order valence-electron chi connectivity index (χ2n) is 7.63. The molecule has 2 N–H and O–H groups in total. The molecule has 2 aliphatic heterocycles.